The predicted octanol–water partition coefficient (Wildman–Crippen LogP) is 2.22. The fourth-order valence-electron chi connectivity index (χ4n) is 3.37. The number of aromatic amines is 1. The summed E-state index contributed by atoms with van der Waals surface area (Å²) in [4.78, 5) is 26.5. The summed E-state index contributed by atoms with van der Waals surface area (Å²) in [5.74, 6) is -0.230. The van der Waals surface area contributed by atoms with E-state index >= 15 is 0 Å². The fraction of sp³-hybridized carbons (Fsp3) is 0.400. The molecule has 0 spiro atoms. The van der Waals surface area contributed by atoms with Crippen molar-refractivity contribution in [3.8, 4) is 0 Å². The van der Waals surface area contributed by atoms with E-state index in [1.807, 2.05) is 6.08 Å². The molecule has 0 radical (unpaired) electrons. The van der Waals surface area contributed by atoms with Crippen LogP contribution in [0.5, 0.6) is 0 Å². The first-order valence-corrected chi connectivity index (χ1v) is 9.32. The van der Waals surface area contributed by atoms with Gasteiger partial charge in [-0.2, -0.15) is 5.10 Å². The van der Waals surface area contributed by atoms with Crippen LogP contribution < -0.4 is 5.43 Å². The largest absolute Gasteiger partial charge is 0.359 e. The van der Waals surface area contributed by atoms with Crippen LogP contribution in [0.15, 0.2) is 29.3 Å². The minimum absolute atomic E-state index is 0.230. The first kappa shape index (κ1) is 19.0. The normalized spacial score (nSPS) is 15.5. The highest BCUT2D eigenvalue weighted by molar-refractivity contribution is 6.32. The third-order valence-corrected chi connectivity index (χ3v) is 5.07. The number of hydrogen-bond acceptors (Lipinski definition) is 5. The van der Waals surface area contributed by atoms with Crippen LogP contribution in [0, 0.1) is 13.8 Å². The van der Waals surface area contributed by atoms with Crippen molar-refractivity contribution in [1.29, 1.82) is 0 Å². The van der Waals surface area contributed by atoms with Gasteiger partial charge in [0.15, 0.2) is 0 Å². The average Bonchev–Trinajstić information content (AvgIpc) is 3.17. The summed E-state index contributed by atoms with van der Waals surface area (Å²) in [6.45, 7) is 11.7. The summed E-state index contributed by atoms with van der Waals surface area (Å²) in [7, 11) is 0. The minimum atomic E-state index is -0.230. The van der Waals surface area contributed by atoms with Crippen LogP contribution in [0.3, 0.4) is 0 Å². The van der Waals surface area contributed by atoms with E-state index in [1.54, 1.807) is 18.6 Å². The van der Waals surface area contributed by atoms with Crippen molar-refractivity contribution in [3.05, 3.63) is 52.4 Å². The number of H-pyrrole nitrogens is 1. The van der Waals surface area contributed by atoms with Gasteiger partial charge in [-0.3, -0.25) is 14.8 Å². The standard InChI is InChI=1S/C20H26N6O/c1-5-26(6-2)10-7-15-13(3)17(23-14(15)4)11-16-19(24-25-20(16)27)18-12-21-8-9-22-18/h8-9,11-12,23H,5-7,10H2,1-4H3,(H,25,27)/b16-11-. The molecule has 0 atom stereocenters. The predicted molar refractivity (Wildman–Crippen MR) is 106 cm³/mol. The lowest BCUT2D eigenvalue weighted by Gasteiger charge is -2.17. The zero-order chi connectivity index (χ0) is 19.4. The van der Waals surface area contributed by atoms with Gasteiger partial charge in [0, 0.05) is 30.3 Å². The molecule has 3 heterocycles. The Balaban J connectivity index is 1.89. The highest BCUT2D eigenvalue weighted by atomic mass is 16.2. The number of aryl methyl sites for hydroxylation is 1. The van der Waals surface area contributed by atoms with Crippen LogP contribution in [0.4, 0.5) is 0 Å². The van der Waals surface area contributed by atoms with E-state index in [0.29, 0.717) is 17.0 Å². The van der Waals surface area contributed by atoms with E-state index in [4.69, 9.17) is 0 Å². The van der Waals surface area contributed by atoms with Crippen LogP contribution in [-0.4, -0.2) is 51.1 Å². The lowest BCUT2D eigenvalue weighted by atomic mass is 10.0. The number of carbonyl (C=O) groups excluding carboxylic acids is 1. The Morgan fingerprint density at radius 1 is 1.19 bits per heavy atom. The maximum Gasteiger partial charge on any atom is 0.273 e. The van der Waals surface area contributed by atoms with Gasteiger partial charge in [0.1, 0.15) is 11.4 Å². The molecule has 7 heteroatoms. The summed E-state index contributed by atoms with van der Waals surface area (Å²) < 4.78 is 0. The number of hydrogen-bond donors (Lipinski definition) is 2. The second-order valence-electron chi connectivity index (χ2n) is 6.59. The van der Waals surface area contributed by atoms with Crippen molar-refractivity contribution in [1.82, 2.24) is 25.3 Å². The summed E-state index contributed by atoms with van der Waals surface area (Å²) >= 11 is 0. The molecule has 0 unspecified atom stereocenters. The van der Waals surface area contributed by atoms with Gasteiger partial charge >= 0.3 is 0 Å². The SMILES string of the molecule is CCN(CC)CCc1c(C)[nH]c(/C=C2\C(=O)NN=C2c2cnccn2)c1C. The molecule has 0 bridgehead atoms. The molecule has 1 amide bonds. The van der Waals surface area contributed by atoms with Crippen molar-refractivity contribution in [2.75, 3.05) is 19.6 Å². The quantitative estimate of drug-likeness (QED) is 0.736. The monoisotopic (exact) mass is 366 g/mol. The lowest BCUT2D eigenvalue weighted by molar-refractivity contribution is -0.116. The molecule has 27 heavy (non-hydrogen) atoms. The van der Waals surface area contributed by atoms with E-state index < -0.39 is 0 Å². The smallest absolute Gasteiger partial charge is 0.273 e. The van der Waals surface area contributed by atoms with E-state index in [1.165, 1.54) is 11.1 Å². The second-order valence-corrected chi connectivity index (χ2v) is 6.59. The molecule has 0 aliphatic carbocycles. The first-order valence-electron chi connectivity index (χ1n) is 9.32. The number of nitrogens with one attached hydrogen (secondary N) is 2. The van der Waals surface area contributed by atoms with E-state index in [0.717, 1.165) is 37.4 Å². The van der Waals surface area contributed by atoms with Crippen molar-refractivity contribution >= 4 is 17.7 Å². The molecule has 0 saturated carbocycles. The second kappa shape index (κ2) is 8.26. The van der Waals surface area contributed by atoms with Gasteiger partial charge in [-0.05, 0) is 50.6 Å². The molecule has 2 aromatic rings. The van der Waals surface area contributed by atoms with E-state index in [-0.39, 0.29) is 5.91 Å². The maximum atomic E-state index is 12.3. The first-order chi connectivity index (χ1) is 13.0. The molecule has 2 N–H and O–H groups in total. The Bertz CT molecular complexity index is 877. The molecular weight excluding hydrogens is 340 g/mol. The Hall–Kier alpha value is -2.80. The van der Waals surface area contributed by atoms with Crippen LogP contribution >= 0.6 is 0 Å². The Morgan fingerprint density at radius 3 is 2.63 bits per heavy atom. The molecule has 7 nitrogen and oxygen atoms in total. The summed E-state index contributed by atoms with van der Waals surface area (Å²) in [6.07, 6.45) is 7.64. The highest BCUT2D eigenvalue weighted by Crippen LogP contribution is 2.23. The van der Waals surface area contributed by atoms with Crippen LogP contribution in [0.25, 0.3) is 6.08 Å². The van der Waals surface area contributed by atoms with Crippen molar-refractivity contribution in [2.24, 2.45) is 5.10 Å². The Morgan fingerprint density at radius 2 is 1.96 bits per heavy atom. The maximum absolute atomic E-state index is 12.3. The van der Waals surface area contributed by atoms with Gasteiger partial charge in [-0.1, -0.05) is 13.8 Å². The molecule has 2 aromatic heterocycles. The number of hydrazone groups is 1. The lowest BCUT2D eigenvalue weighted by Crippen LogP contribution is -2.25. The van der Waals surface area contributed by atoms with Crippen LogP contribution in [0.2, 0.25) is 0 Å². The molecule has 3 rings (SSSR count). The van der Waals surface area contributed by atoms with Crippen LogP contribution in [0.1, 0.15) is 42.1 Å². The summed E-state index contributed by atoms with van der Waals surface area (Å²) in [5.41, 5.74) is 8.67. The minimum Gasteiger partial charge on any atom is -0.359 e. The number of nitrogens with zero attached hydrogens (tertiary/aromatic N) is 4. The van der Waals surface area contributed by atoms with Gasteiger partial charge in [0.25, 0.3) is 5.91 Å². The van der Waals surface area contributed by atoms with Crippen LogP contribution in [-0.2, 0) is 11.2 Å². The van der Waals surface area contributed by atoms with E-state index in [2.05, 4.69) is 58.1 Å². The zero-order valence-corrected chi connectivity index (χ0v) is 16.3. The number of carbonyl (C=O) groups is 1. The number of likely N-dealkylation sites (N-methyl/N-ethyl adjacent to an activating group) is 1. The van der Waals surface area contributed by atoms with Crippen molar-refractivity contribution < 1.29 is 4.79 Å². The van der Waals surface area contributed by atoms with Gasteiger partial charge in [-0.25, -0.2) is 5.43 Å². The number of aromatic nitrogens is 3. The molecular formula is C20H26N6O. The van der Waals surface area contributed by atoms with Crippen molar-refractivity contribution in [3.63, 3.8) is 0 Å². The van der Waals surface area contributed by atoms with E-state index in [9.17, 15) is 4.79 Å². The molecule has 142 valence electrons. The number of rotatable bonds is 7. The molecule has 1 aliphatic rings. The number of amides is 1. The summed E-state index contributed by atoms with van der Waals surface area (Å²) in [6, 6.07) is 0. The molecule has 1 aliphatic heterocycles. The highest BCUT2D eigenvalue weighted by Gasteiger charge is 2.26. The van der Waals surface area contributed by atoms with Crippen molar-refractivity contribution in [2.45, 2.75) is 34.1 Å². The zero-order valence-electron chi connectivity index (χ0n) is 16.3. The fourth-order valence-corrected chi connectivity index (χ4v) is 3.37. The molecule has 0 fully saturated rings. The van der Waals surface area contributed by atoms with Gasteiger partial charge in [0.05, 0.1) is 11.8 Å². The Labute approximate surface area is 159 Å². The third kappa shape index (κ3) is 3.98. The average molecular weight is 366 g/mol. The molecule has 0 aromatic carbocycles. The van der Waals surface area contributed by atoms with Gasteiger partial charge in [-0.15, -0.1) is 0 Å². The van der Waals surface area contributed by atoms with Gasteiger partial charge in [0.2, 0.25) is 0 Å². The Kier molecular flexibility index (Phi) is 5.81. The molecule has 0 saturated heterocycles. The third-order valence-electron chi connectivity index (χ3n) is 5.07. The summed E-state index contributed by atoms with van der Waals surface area (Å²) in [5, 5.41) is 4.13. The van der Waals surface area contributed by atoms with Gasteiger partial charge < -0.3 is 9.88 Å². The topological polar surface area (TPSA) is 86.3 Å².